The van der Waals surface area contributed by atoms with Crippen LogP contribution in [-0.4, -0.2) is 27.5 Å². The quantitative estimate of drug-likeness (QED) is 0.572. The lowest BCUT2D eigenvalue weighted by molar-refractivity contribution is 0.345. The van der Waals surface area contributed by atoms with Gasteiger partial charge in [-0.2, -0.15) is 0 Å². The first-order chi connectivity index (χ1) is 10.9. The lowest BCUT2D eigenvalue weighted by Crippen LogP contribution is -2.05. The predicted octanol–water partition coefficient (Wildman–Crippen LogP) is 2.29. The first kappa shape index (κ1) is 14.6. The zero-order chi connectivity index (χ0) is 16.7. The molecule has 1 heterocycles. The predicted molar refractivity (Wildman–Crippen MR) is 81.1 cm³/mol. The largest absolute Gasteiger partial charge is 0.508 e. The molecule has 0 aliphatic carbocycles. The van der Waals surface area contributed by atoms with Crippen LogP contribution in [0, 0.1) is 0 Å². The number of phenols is 4. The first-order valence-corrected chi connectivity index (χ1v) is 6.50. The molecule has 0 fully saturated rings. The number of aromatic hydroxyl groups is 4. The monoisotopic (exact) mass is 316 g/mol. The standard InChI is InChI=1S/C16H12O7/c1-22-16-11(19)2-7(3-12(16)20)9-6-23-13-5-8(17)4-10(18)14(13)15(9)21/h2-6,17-20H,1H3. The van der Waals surface area contributed by atoms with Crippen molar-refractivity contribution in [3.8, 4) is 39.9 Å². The number of fused-ring (bicyclic) bond motifs is 1. The molecular formula is C16H12O7. The number of hydrogen-bond acceptors (Lipinski definition) is 7. The Morgan fingerprint density at radius 2 is 1.61 bits per heavy atom. The molecule has 0 saturated carbocycles. The Bertz CT molecular complexity index is 949. The third kappa shape index (κ3) is 2.28. The second kappa shape index (κ2) is 5.13. The molecule has 0 aliphatic heterocycles. The highest BCUT2D eigenvalue weighted by molar-refractivity contribution is 5.88. The van der Waals surface area contributed by atoms with Crippen molar-refractivity contribution in [1.82, 2.24) is 0 Å². The maximum atomic E-state index is 12.5. The molecular weight excluding hydrogens is 304 g/mol. The van der Waals surface area contributed by atoms with Crippen molar-refractivity contribution in [1.29, 1.82) is 0 Å². The molecule has 7 nitrogen and oxygen atoms in total. The fourth-order valence-electron chi connectivity index (χ4n) is 2.38. The van der Waals surface area contributed by atoms with Crippen LogP contribution >= 0.6 is 0 Å². The van der Waals surface area contributed by atoms with Crippen molar-refractivity contribution in [2.24, 2.45) is 0 Å². The molecule has 0 amide bonds. The van der Waals surface area contributed by atoms with E-state index in [1.54, 1.807) is 0 Å². The van der Waals surface area contributed by atoms with Crippen LogP contribution in [0.2, 0.25) is 0 Å². The molecule has 1 aromatic heterocycles. The van der Waals surface area contributed by atoms with Crippen LogP contribution in [0.25, 0.3) is 22.1 Å². The van der Waals surface area contributed by atoms with Gasteiger partial charge in [0.05, 0.1) is 12.7 Å². The molecule has 3 aromatic rings. The van der Waals surface area contributed by atoms with Gasteiger partial charge in [0.1, 0.15) is 28.7 Å². The molecule has 0 aliphatic rings. The summed E-state index contributed by atoms with van der Waals surface area (Å²) < 4.78 is 10.1. The van der Waals surface area contributed by atoms with Gasteiger partial charge >= 0.3 is 0 Å². The molecule has 0 saturated heterocycles. The van der Waals surface area contributed by atoms with Gasteiger partial charge in [0.2, 0.25) is 11.2 Å². The average molecular weight is 316 g/mol. The zero-order valence-electron chi connectivity index (χ0n) is 11.9. The van der Waals surface area contributed by atoms with Crippen LogP contribution in [0.4, 0.5) is 0 Å². The number of ether oxygens (including phenoxy) is 1. The van der Waals surface area contributed by atoms with Gasteiger partial charge in [-0.25, -0.2) is 0 Å². The van der Waals surface area contributed by atoms with Gasteiger partial charge in [-0.05, 0) is 17.7 Å². The number of rotatable bonds is 2. The summed E-state index contributed by atoms with van der Waals surface area (Å²) >= 11 is 0. The maximum absolute atomic E-state index is 12.5. The number of phenolic OH excluding ortho intramolecular Hbond substituents is 4. The van der Waals surface area contributed by atoms with Crippen LogP contribution in [0.5, 0.6) is 28.7 Å². The van der Waals surface area contributed by atoms with E-state index in [1.165, 1.54) is 25.3 Å². The molecule has 0 atom stereocenters. The number of hydrogen-bond donors (Lipinski definition) is 4. The van der Waals surface area contributed by atoms with Crippen molar-refractivity contribution < 1.29 is 29.6 Å². The minimum Gasteiger partial charge on any atom is -0.508 e. The highest BCUT2D eigenvalue weighted by Crippen LogP contribution is 2.39. The Kier molecular flexibility index (Phi) is 3.25. The Hall–Kier alpha value is -3.35. The van der Waals surface area contributed by atoms with Crippen molar-refractivity contribution >= 4 is 11.0 Å². The Morgan fingerprint density at radius 3 is 2.22 bits per heavy atom. The van der Waals surface area contributed by atoms with Gasteiger partial charge in [0.15, 0.2) is 11.5 Å². The summed E-state index contributed by atoms with van der Waals surface area (Å²) in [5.74, 6) is -1.50. The summed E-state index contributed by atoms with van der Waals surface area (Å²) in [4.78, 5) is 12.5. The van der Waals surface area contributed by atoms with Gasteiger partial charge in [0.25, 0.3) is 0 Å². The summed E-state index contributed by atoms with van der Waals surface area (Å²) in [6.45, 7) is 0. The molecule has 118 valence electrons. The fraction of sp³-hybridized carbons (Fsp3) is 0.0625. The first-order valence-electron chi connectivity index (χ1n) is 6.50. The number of benzene rings is 2. The van der Waals surface area contributed by atoms with Crippen LogP contribution in [-0.2, 0) is 0 Å². The lowest BCUT2D eigenvalue weighted by atomic mass is 10.0. The van der Waals surface area contributed by atoms with E-state index in [4.69, 9.17) is 9.15 Å². The molecule has 7 heteroatoms. The van der Waals surface area contributed by atoms with E-state index < -0.39 is 11.2 Å². The Morgan fingerprint density at radius 1 is 0.957 bits per heavy atom. The fourth-order valence-corrected chi connectivity index (χ4v) is 2.38. The van der Waals surface area contributed by atoms with E-state index in [0.29, 0.717) is 0 Å². The lowest BCUT2D eigenvalue weighted by Gasteiger charge is -2.09. The highest BCUT2D eigenvalue weighted by atomic mass is 16.5. The molecule has 0 bridgehead atoms. The molecule has 4 N–H and O–H groups in total. The summed E-state index contributed by atoms with van der Waals surface area (Å²) in [6, 6.07) is 4.68. The smallest absolute Gasteiger partial charge is 0.204 e. The molecule has 3 rings (SSSR count). The van der Waals surface area contributed by atoms with E-state index in [9.17, 15) is 25.2 Å². The van der Waals surface area contributed by atoms with E-state index in [0.717, 1.165) is 12.3 Å². The van der Waals surface area contributed by atoms with Crippen molar-refractivity contribution in [2.45, 2.75) is 0 Å². The van der Waals surface area contributed by atoms with Gasteiger partial charge in [0, 0.05) is 12.1 Å². The Balaban J connectivity index is 2.30. The van der Waals surface area contributed by atoms with Gasteiger partial charge < -0.3 is 29.6 Å². The molecule has 0 radical (unpaired) electrons. The van der Waals surface area contributed by atoms with E-state index >= 15 is 0 Å². The summed E-state index contributed by atoms with van der Waals surface area (Å²) in [5.41, 5.74) is -0.360. The van der Waals surface area contributed by atoms with Crippen LogP contribution in [0.1, 0.15) is 0 Å². The van der Waals surface area contributed by atoms with Crippen LogP contribution in [0.3, 0.4) is 0 Å². The summed E-state index contributed by atoms with van der Waals surface area (Å²) in [6.07, 6.45) is 1.12. The van der Waals surface area contributed by atoms with E-state index in [1.807, 2.05) is 0 Å². The van der Waals surface area contributed by atoms with Crippen molar-refractivity contribution in [3.63, 3.8) is 0 Å². The third-order valence-corrected chi connectivity index (χ3v) is 3.41. The zero-order valence-corrected chi connectivity index (χ0v) is 11.9. The molecule has 2 aromatic carbocycles. The minimum atomic E-state index is -0.576. The van der Waals surface area contributed by atoms with Crippen molar-refractivity contribution in [3.05, 3.63) is 40.8 Å². The van der Waals surface area contributed by atoms with Gasteiger partial charge in [-0.15, -0.1) is 0 Å². The molecule has 0 unspecified atom stereocenters. The Labute approximate surface area is 129 Å². The second-order valence-corrected chi connectivity index (χ2v) is 4.86. The van der Waals surface area contributed by atoms with Gasteiger partial charge in [-0.3, -0.25) is 4.79 Å². The molecule has 0 spiro atoms. The second-order valence-electron chi connectivity index (χ2n) is 4.86. The highest BCUT2D eigenvalue weighted by Gasteiger charge is 2.17. The maximum Gasteiger partial charge on any atom is 0.204 e. The minimum absolute atomic E-state index is 0.0122. The molecule has 23 heavy (non-hydrogen) atoms. The SMILES string of the molecule is COc1c(O)cc(-c2coc3cc(O)cc(O)c3c2=O)cc1O. The normalized spacial score (nSPS) is 10.8. The third-order valence-electron chi connectivity index (χ3n) is 3.41. The average Bonchev–Trinajstić information content (AvgIpc) is 2.46. The topological polar surface area (TPSA) is 120 Å². The van der Waals surface area contributed by atoms with Crippen LogP contribution < -0.4 is 10.2 Å². The summed E-state index contributed by atoms with van der Waals surface area (Å²) in [5, 5.41) is 38.8. The summed E-state index contributed by atoms with van der Waals surface area (Å²) in [7, 11) is 1.28. The van der Waals surface area contributed by atoms with E-state index in [-0.39, 0.29) is 45.1 Å². The van der Waals surface area contributed by atoms with Gasteiger partial charge in [-0.1, -0.05) is 0 Å². The van der Waals surface area contributed by atoms with Crippen molar-refractivity contribution in [2.75, 3.05) is 7.11 Å². The number of methoxy groups -OCH3 is 1. The van der Waals surface area contributed by atoms with E-state index in [2.05, 4.69) is 0 Å². The van der Waals surface area contributed by atoms with Crippen LogP contribution in [0.15, 0.2) is 39.7 Å².